The lowest BCUT2D eigenvalue weighted by Gasteiger charge is -2.31. The van der Waals surface area contributed by atoms with Gasteiger partial charge in [-0.15, -0.1) is 0 Å². The van der Waals surface area contributed by atoms with Gasteiger partial charge in [-0.25, -0.2) is 0 Å². The lowest BCUT2D eigenvalue weighted by molar-refractivity contribution is 0.0705. The van der Waals surface area contributed by atoms with Crippen LogP contribution in [0.3, 0.4) is 0 Å². The van der Waals surface area contributed by atoms with Gasteiger partial charge >= 0.3 is 0 Å². The summed E-state index contributed by atoms with van der Waals surface area (Å²) in [4.78, 5) is 23.7. The average Bonchev–Trinajstić information content (AvgIpc) is 3.16. The van der Waals surface area contributed by atoms with Crippen molar-refractivity contribution in [2.24, 2.45) is 0 Å². The number of pyridine rings is 1. The third-order valence-electron chi connectivity index (χ3n) is 4.60. The van der Waals surface area contributed by atoms with Gasteiger partial charge in [-0.3, -0.25) is 9.78 Å². The zero-order valence-electron chi connectivity index (χ0n) is 13.8. The van der Waals surface area contributed by atoms with E-state index in [1.54, 1.807) is 6.07 Å². The van der Waals surface area contributed by atoms with Crippen LogP contribution in [0.25, 0.3) is 10.9 Å². The minimum Gasteiger partial charge on any atom is -0.343 e. The van der Waals surface area contributed by atoms with Crippen LogP contribution in [0.1, 0.15) is 40.6 Å². The fraction of sp³-hybridized carbons (Fsp3) is 0.333. The van der Waals surface area contributed by atoms with E-state index in [2.05, 4.69) is 15.1 Å². The van der Waals surface area contributed by atoms with Crippen LogP contribution in [0.4, 0.5) is 0 Å². The highest BCUT2D eigenvalue weighted by Crippen LogP contribution is 2.29. The molecule has 6 nitrogen and oxygen atoms in total. The molecule has 1 unspecified atom stereocenters. The van der Waals surface area contributed by atoms with Crippen molar-refractivity contribution < 1.29 is 9.32 Å². The van der Waals surface area contributed by atoms with Gasteiger partial charge in [-0.05, 0) is 31.9 Å². The Morgan fingerprint density at radius 1 is 1.40 bits per heavy atom. The van der Waals surface area contributed by atoms with E-state index in [9.17, 15) is 4.79 Å². The lowest BCUT2D eigenvalue weighted by Crippen LogP contribution is -2.39. The zero-order valence-corrected chi connectivity index (χ0v) is 14.5. The molecular formula is C18H17ClN4O2. The molecule has 3 aromatic rings. The lowest BCUT2D eigenvalue weighted by atomic mass is 9.96. The van der Waals surface area contributed by atoms with Crippen molar-refractivity contribution in [3.8, 4) is 0 Å². The molecular weight excluding hydrogens is 340 g/mol. The van der Waals surface area contributed by atoms with Gasteiger partial charge in [0.25, 0.3) is 5.91 Å². The minimum absolute atomic E-state index is 0.00837. The second-order valence-electron chi connectivity index (χ2n) is 6.33. The number of halogens is 1. The predicted molar refractivity (Wildman–Crippen MR) is 93.7 cm³/mol. The average molecular weight is 357 g/mol. The van der Waals surface area contributed by atoms with E-state index in [1.165, 1.54) is 6.39 Å². The van der Waals surface area contributed by atoms with Crippen LogP contribution >= 0.6 is 11.6 Å². The molecule has 0 N–H and O–H groups in total. The Hall–Kier alpha value is -2.47. The number of rotatable bonds is 2. The Kier molecular flexibility index (Phi) is 4.13. The van der Waals surface area contributed by atoms with Crippen molar-refractivity contribution >= 4 is 28.4 Å². The van der Waals surface area contributed by atoms with E-state index in [4.69, 9.17) is 16.1 Å². The molecule has 0 saturated carbocycles. The van der Waals surface area contributed by atoms with Crippen LogP contribution in [0, 0.1) is 6.92 Å². The first-order chi connectivity index (χ1) is 12.1. The molecule has 2 aromatic heterocycles. The molecule has 0 bridgehead atoms. The van der Waals surface area contributed by atoms with Gasteiger partial charge in [0.15, 0.2) is 5.82 Å². The summed E-state index contributed by atoms with van der Waals surface area (Å²) in [6, 6.07) is 7.36. The van der Waals surface area contributed by atoms with Gasteiger partial charge in [-0.2, -0.15) is 4.98 Å². The molecule has 0 aliphatic carbocycles. The van der Waals surface area contributed by atoms with Crippen molar-refractivity contribution in [1.29, 1.82) is 0 Å². The SMILES string of the molecule is Cc1cc(C(=O)N2CCCC(c3ncon3)C2)c2cccc(Cl)c2n1. The van der Waals surface area contributed by atoms with E-state index < -0.39 is 0 Å². The number of hydrogen-bond acceptors (Lipinski definition) is 5. The second kappa shape index (κ2) is 6.44. The third-order valence-corrected chi connectivity index (χ3v) is 4.91. The summed E-state index contributed by atoms with van der Waals surface area (Å²) in [5.41, 5.74) is 2.08. The molecule has 0 radical (unpaired) electrons. The van der Waals surface area contributed by atoms with E-state index in [0.717, 1.165) is 30.5 Å². The number of piperidine rings is 1. The molecule has 7 heteroatoms. The van der Waals surface area contributed by atoms with Crippen LogP contribution in [-0.2, 0) is 0 Å². The summed E-state index contributed by atoms with van der Waals surface area (Å²) < 4.78 is 4.85. The highest BCUT2D eigenvalue weighted by Gasteiger charge is 2.29. The van der Waals surface area contributed by atoms with Crippen LogP contribution in [0.15, 0.2) is 35.2 Å². The molecule has 1 aliphatic heterocycles. The fourth-order valence-electron chi connectivity index (χ4n) is 3.42. The molecule has 25 heavy (non-hydrogen) atoms. The van der Waals surface area contributed by atoms with Gasteiger partial charge < -0.3 is 9.42 Å². The first-order valence-electron chi connectivity index (χ1n) is 8.25. The zero-order chi connectivity index (χ0) is 17.4. The first-order valence-corrected chi connectivity index (χ1v) is 8.62. The fourth-order valence-corrected chi connectivity index (χ4v) is 3.64. The maximum absolute atomic E-state index is 13.2. The molecule has 1 aromatic carbocycles. The largest absolute Gasteiger partial charge is 0.343 e. The van der Waals surface area contributed by atoms with Gasteiger partial charge in [0.05, 0.1) is 16.1 Å². The number of likely N-dealkylation sites (tertiary alicyclic amines) is 1. The Bertz CT molecular complexity index is 926. The number of carbonyl (C=O) groups excluding carboxylic acids is 1. The van der Waals surface area contributed by atoms with E-state index in [1.807, 2.05) is 30.0 Å². The Balaban J connectivity index is 1.69. The van der Waals surface area contributed by atoms with E-state index in [-0.39, 0.29) is 11.8 Å². The molecule has 1 amide bonds. The molecule has 1 fully saturated rings. The number of aryl methyl sites for hydroxylation is 1. The maximum atomic E-state index is 13.2. The molecule has 4 rings (SSSR count). The van der Waals surface area contributed by atoms with Crippen LogP contribution < -0.4 is 0 Å². The molecule has 0 spiro atoms. The summed E-state index contributed by atoms with van der Waals surface area (Å²) in [5.74, 6) is 0.761. The molecule has 1 saturated heterocycles. The normalized spacial score (nSPS) is 17.8. The molecule has 1 atom stereocenters. The van der Waals surface area contributed by atoms with Crippen LogP contribution in [0.2, 0.25) is 5.02 Å². The van der Waals surface area contributed by atoms with Crippen molar-refractivity contribution in [3.63, 3.8) is 0 Å². The standard InChI is InChI=1S/C18H17ClN4O2/c1-11-8-14(13-5-2-6-15(19)16(13)21-11)18(24)23-7-3-4-12(9-23)17-20-10-25-22-17/h2,5-6,8,10,12H,3-4,7,9H2,1H3. The van der Waals surface area contributed by atoms with Crippen molar-refractivity contribution in [2.45, 2.75) is 25.7 Å². The number of hydrogen-bond donors (Lipinski definition) is 0. The monoisotopic (exact) mass is 356 g/mol. The number of aromatic nitrogens is 3. The van der Waals surface area contributed by atoms with Crippen LogP contribution in [0.5, 0.6) is 0 Å². The smallest absolute Gasteiger partial charge is 0.254 e. The quantitative estimate of drug-likeness (QED) is 0.701. The molecule has 3 heterocycles. The van der Waals surface area contributed by atoms with Crippen LogP contribution in [-0.4, -0.2) is 39.0 Å². The minimum atomic E-state index is -0.00837. The highest BCUT2D eigenvalue weighted by atomic mass is 35.5. The van der Waals surface area contributed by atoms with E-state index in [0.29, 0.717) is 28.5 Å². The van der Waals surface area contributed by atoms with Crippen molar-refractivity contribution in [2.75, 3.05) is 13.1 Å². The third kappa shape index (κ3) is 2.98. The Labute approximate surface area is 149 Å². The van der Waals surface area contributed by atoms with Gasteiger partial charge in [-0.1, -0.05) is 28.9 Å². The number of amides is 1. The summed E-state index contributed by atoms with van der Waals surface area (Å²) in [6.45, 7) is 3.18. The van der Waals surface area contributed by atoms with Crippen molar-refractivity contribution in [1.82, 2.24) is 20.0 Å². The number of benzene rings is 1. The maximum Gasteiger partial charge on any atom is 0.254 e. The first kappa shape index (κ1) is 16.0. The predicted octanol–water partition coefficient (Wildman–Crippen LogP) is 3.60. The number of fused-ring (bicyclic) bond motifs is 1. The molecule has 128 valence electrons. The Morgan fingerprint density at radius 3 is 3.08 bits per heavy atom. The number of carbonyl (C=O) groups is 1. The number of para-hydroxylation sites is 1. The van der Waals surface area contributed by atoms with Crippen molar-refractivity contribution in [3.05, 3.63) is 52.8 Å². The summed E-state index contributed by atoms with van der Waals surface area (Å²) in [7, 11) is 0. The van der Waals surface area contributed by atoms with Gasteiger partial charge in [0, 0.05) is 30.1 Å². The van der Waals surface area contributed by atoms with E-state index >= 15 is 0 Å². The van der Waals surface area contributed by atoms with Gasteiger partial charge in [0.2, 0.25) is 6.39 Å². The second-order valence-corrected chi connectivity index (χ2v) is 6.73. The Morgan fingerprint density at radius 2 is 2.28 bits per heavy atom. The van der Waals surface area contributed by atoms with Gasteiger partial charge in [0.1, 0.15) is 0 Å². The highest BCUT2D eigenvalue weighted by molar-refractivity contribution is 6.35. The summed E-state index contributed by atoms with van der Waals surface area (Å²) >= 11 is 6.27. The number of nitrogens with zero attached hydrogens (tertiary/aromatic N) is 4. The topological polar surface area (TPSA) is 72.1 Å². The summed E-state index contributed by atoms with van der Waals surface area (Å²) in [6.07, 6.45) is 3.19. The molecule has 1 aliphatic rings. The summed E-state index contributed by atoms with van der Waals surface area (Å²) in [5, 5.41) is 5.27.